The number of guanidine groups is 1. The molecule has 7 nitrogen and oxygen atoms in total. The second kappa shape index (κ2) is 10.2. The highest BCUT2D eigenvalue weighted by Gasteiger charge is 2.24. The molecule has 0 spiro atoms. The molecule has 1 aromatic heterocycles. The van der Waals surface area contributed by atoms with Crippen molar-refractivity contribution in [3.05, 3.63) is 35.5 Å². The zero-order valence-corrected chi connectivity index (χ0v) is 17.8. The summed E-state index contributed by atoms with van der Waals surface area (Å²) in [5.74, 6) is 0.845. The molecule has 29 heavy (non-hydrogen) atoms. The van der Waals surface area contributed by atoms with E-state index in [0.29, 0.717) is 25.7 Å². The summed E-state index contributed by atoms with van der Waals surface area (Å²) in [7, 11) is 0. The fraction of sp³-hybridized carbons (Fsp3) is 0.545. The fourth-order valence-electron chi connectivity index (χ4n) is 3.79. The van der Waals surface area contributed by atoms with Crippen LogP contribution in [0.3, 0.4) is 0 Å². The van der Waals surface area contributed by atoms with Crippen LogP contribution in [0.4, 0.5) is 4.79 Å². The molecule has 0 aliphatic carbocycles. The number of likely N-dealkylation sites (tertiary alicyclic amines) is 1. The van der Waals surface area contributed by atoms with Gasteiger partial charge in [0.25, 0.3) is 0 Å². The third-order valence-electron chi connectivity index (χ3n) is 5.37. The molecule has 0 atom stereocenters. The van der Waals surface area contributed by atoms with Crippen molar-refractivity contribution in [1.29, 1.82) is 0 Å². The maximum absolute atomic E-state index is 11.8. The Morgan fingerprint density at radius 2 is 2.10 bits per heavy atom. The highest BCUT2D eigenvalue weighted by Crippen LogP contribution is 2.21. The predicted octanol–water partition coefficient (Wildman–Crippen LogP) is 3.19. The number of fused-ring (bicyclic) bond motifs is 1. The van der Waals surface area contributed by atoms with Gasteiger partial charge in [0, 0.05) is 49.3 Å². The number of piperidine rings is 1. The Bertz CT molecular complexity index is 837. The summed E-state index contributed by atoms with van der Waals surface area (Å²) in [5, 5.41) is 8.15. The molecular formula is C22H33N5O2. The van der Waals surface area contributed by atoms with E-state index in [0.717, 1.165) is 38.3 Å². The number of ether oxygens (including phenoxy) is 1. The number of amides is 1. The number of rotatable bonds is 6. The maximum Gasteiger partial charge on any atom is 0.409 e. The number of nitrogens with zero attached hydrogens (tertiary/aromatic N) is 2. The molecule has 0 unspecified atom stereocenters. The smallest absolute Gasteiger partial charge is 0.409 e. The molecule has 3 N–H and O–H groups in total. The summed E-state index contributed by atoms with van der Waals surface area (Å²) < 4.78 is 5.09. The number of carbonyl (C=O) groups is 1. The summed E-state index contributed by atoms with van der Waals surface area (Å²) in [6, 6.07) is 6.71. The van der Waals surface area contributed by atoms with Crippen LogP contribution in [0.15, 0.2) is 29.4 Å². The SMILES string of the molecule is CCNC(=NCCc1c[nH]c2c(C)cccc12)NC1CCN(C(=O)OCC)CC1. The quantitative estimate of drug-likeness (QED) is 0.515. The summed E-state index contributed by atoms with van der Waals surface area (Å²) in [6.45, 7) is 9.42. The van der Waals surface area contributed by atoms with Gasteiger partial charge in [-0.05, 0) is 51.2 Å². The van der Waals surface area contributed by atoms with E-state index in [1.807, 2.05) is 6.92 Å². The van der Waals surface area contributed by atoms with Crippen LogP contribution in [0, 0.1) is 6.92 Å². The zero-order chi connectivity index (χ0) is 20.6. The van der Waals surface area contributed by atoms with Gasteiger partial charge in [0.2, 0.25) is 0 Å². The van der Waals surface area contributed by atoms with Crippen molar-refractivity contribution in [2.45, 2.75) is 46.1 Å². The minimum atomic E-state index is -0.208. The number of aryl methyl sites for hydroxylation is 1. The summed E-state index contributed by atoms with van der Waals surface area (Å²) in [6.07, 6.45) is 4.57. The fourth-order valence-corrected chi connectivity index (χ4v) is 3.79. The van der Waals surface area contributed by atoms with Crippen LogP contribution < -0.4 is 10.6 Å². The molecule has 158 valence electrons. The van der Waals surface area contributed by atoms with E-state index in [1.54, 1.807) is 4.90 Å². The van der Waals surface area contributed by atoms with Gasteiger partial charge in [0.15, 0.2) is 5.96 Å². The number of benzene rings is 1. The molecule has 1 aromatic carbocycles. The normalized spacial score (nSPS) is 15.6. The van der Waals surface area contributed by atoms with Gasteiger partial charge in [0.05, 0.1) is 6.61 Å². The minimum absolute atomic E-state index is 0.208. The highest BCUT2D eigenvalue weighted by molar-refractivity contribution is 5.86. The zero-order valence-electron chi connectivity index (χ0n) is 17.8. The van der Waals surface area contributed by atoms with E-state index in [4.69, 9.17) is 9.73 Å². The van der Waals surface area contributed by atoms with Crippen LogP contribution >= 0.6 is 0 Å². The van der Waals surface area contributed by atoms with E-state index >= 15 is 0 Å². The average Bonchev–Trinajstić information content (AvgIpc) is 3.13. The van der Waals surface area contributed by atoms with Gasteiger partial charge in [-0.1, -0.05) is 18.2 Å². The molecule has 2 heterocycles. The monoisotopic (exact) mass is 399 g/mol. The lowest BCUT2D eigenvalue weighted by Crippen LogP contribution is -2.50. The summed E-state index contributed by atoms with van der Waals surface area (Å²) >= 11 is 0. The Hall–Kier alpha value is -2.70. The number of aromatic amines is 1. The van der Waals surface area contributed by atoms with Crippen molar-refractivity contribution < 1.29 is 9.53 Å². The second-order valence-corrected chi connectivity index (χ2v) is 7.43. The van der Waals surface area contributed by atoms with Crippen LogP contribution in [-0.4, -0.2) is 60.8 Å². The van der Waals surface area contributed by atoms with E-state index in [9.17, 15) is 4.79 Å². The highest BCUT2D eigenvalue weighted by atomic mass is 16.6. The van der Waals surface area contributed by atoms with Crippen molar-refractivity contribution in [3.8, 4) is 0 Å². The number of aromatic nitrogens is 1. The van der Waals surface area contributed by atoms with Gasteiger partial charge in [-0.25, -0.2) is 4.79 Å². The molecule has 2 aromatic rings. The van der Waals surface area contributed by atoms with Gasteiger partial charge in [-0.3, -0.25) is 4.99 Å². The van der Waals surface area contributed by atoms with E-state index in [1.165, 1.54) is 22.0 Å². The molecule has 1 fully saturated rings. The number of para-hydroxylation sites is 1. The minimum Gasteiger partial charge on any atom is -0.450 e. The maximum atomic E-state index is 11.8. The van der Waals surface area contributed by atoms with Gasteiger partial charge in [0.1, 0.15) is 0 Å². The molecule has 1 amide bonds. The number of H-pyrrole nitrogens is 1. The molecule has 0 radical (unpaired) electrons. The molecule has 1 aliphatic rings. The molecule has 1 aliphatic heterocycles. The standard InChI is InChI=1S/C22H33N5O2/c1-4-23-21(26-18-10-13-27(14-11-18)22(28)29-5-2)24-12-9-17-15-25-20-16(3)7-6-8-19(17)20/h6-8,15,18,25H,4-5,9-14H2,1-3H3,(H2,23,24,26). The van der Waals surface area contributed by atoms with Gasteiger partial charge < -0.3 is 25.3 Å². The van der Waals surface area contributed by atoms with Gasteiger partial charge >= 0.3 is 6.09 Å². The molecule has 7 heteroatoms. The first-order valence-corrected chi connectivity index (χ1v) is 10.6. The summed E-state index contributed by atoms with van der Waals surface area (Å²) in [5.41, 5.74) is 3.78. The lowest BCUT2D eigenvalue weighted by molar-refractivity contribution is 0.0963. The number of hydrogen-bond acceptors (Lipinski definition) is 3. The van der Waals surface area contributed by atoms with Crippen LogP contribution in [0.5, 0.6) is 0 Å². The topological polar surface area (TPSA) is 81.8 Å². The van der Waals surface area contributed by atoms with Gasteiger partial charge in [-0.15, -0.1) is 0 Å². The molecule has 0 bridgehead atoms. The Balaban J connectivity index is 1.53. The van der Waals surface area contributed by atoms with Crippen LogP contribution in [0.2, 0.25) is 0 Å². The predicted molar refractivity (Wildman–Crippen MR) is 117 cm³/mol. The number of aliphatic imine (C=N–C) groups is 1. The van der Waals surface area contributed by atoms with E-state index in [-0.39, 0.29) is 6.09 Å². The molecular weight excluding hydrogens is 366 g/mol. The lowest BCUT2D eigenvalue weighted by Gasteiger charge is -2.32. The second-order valence-electron chi connectivity index (χ2n) is 7.43. The number of nitrogens with one attached hydrogen (secondary N) is 3. The Kier molecular flexibility index (Phi) is 7.38. The Morgan fingerprint density at radius 3 is 2.83 bits per heavy atom. The number of carbonyl (C=O) groups excluding carboxylic acids is 1. The third-order valence-corrected chi connectivity index (χ3v) is 5.37. The van der Waals surface area contributed by atoms with Crippen LogP contribution in [0.25, 0.3) is 10.9 Å². The Labute approximate surface area is 172 Å². The average molecular weight is 400 g/mol. The number of hydrogen-bond donors (Lipinski definition) is 3. The molecule has 0 saturated carbocycles. The van der Waals surface area contributed by atoms with Crippen molar-refractivity contribution >= 4 is 23.0 Å². The van der Waals surface area contributed by atoms with Crippen molar-refractivity contribution in [2.75, 3.05) is 32.8 Å². The Morgan fingerprint density at radius 1 is 1.31 bits per heavy atom. The van der Waals surface area contributed by atoms with E-state index in [2.05, 4.69) is 53.9 Å². The molecule has 1 saturated heterocycles. The first kappa shape index (κ1) is 21.0. The lowest BCUT2D eigenvalue weighted by atomic mass is 10.1. The summed E-state index contributed by atoms with van der Waals surface area (Å²) in [4.78, 5) is 21.8. The van der Waals surface area contributed by atoms with Crippen molar-refractivity contribution in [1.82, 2.24) is 20.5 Å². The largest absolute Gasteiger partial charge is 0.450 e. The van der Waals surface area contributed by atoms with Crippen molar-refractivity contribution in [2.24, 2.45) is 4.99 Å². The van der Waals surface area contributed by atoms with Gasteiger partial charge in [-0.2, -0.15) is 0 Å². The van der Waals surface area contributed by atoms with Crippen LogP contribution in [-0.2, 0) is 11.2 Å². The first-order valence-electron chi connectivity index (χ1n) is 10.6. The van der Waals surface area contributed by atoms with Crippen LogP contribution in [0.1, 0.15) is 37.8 Å². The molecule has 3 rings (SSSR count). The first-order chi connectivity index (χ1) is 14.1. The van der Waals surface area contributed by atoms with E-state index < -0.39 is 0 Å². The third kappa shape index (κ3) is 5.43. The van der Waals surface area contributed by atoms with Crippen molar-refractivity contribution in [3.63, 3.8) is 0 Å².